The smallest absolute Gasteiger partial charge is 0.263 e. The van der Waals surface area contributed by atoms with Crippen LogP contribution in [0.3, 0.4) is 0 Å². The predicted octanol–water partition coefficient (Wildman–Crippen LogP) is 4.35. The van der Waals surface area contributed by atoms with Crippen molar-refractivity contribution < 1.29 is 4.79 Å². The molecule has 0 aliphatic rings. The number of thiophene rings is 1. The number of hydrogen-bond acceptors (Lipinski definition) is 4. The van der Waals surface area contributed by atoms with Crippen molar-refractivity contribution in [3.05, 3.63) is 47.7 Å². The fraction of sp³-hybridized carbons (Fsp3) is 0.333. The Morgan fingerprint density at radius 2 is 2.12 bits per heavy atom. The van der Waals surface area contributed by atoms with E-state index in [1.54, 1.807) is 6.20 Å². The van der Waals surface area contributed by atoms with Gasteiger partial charge < -0.3 is 9.88 Å². The maximum Gasteiger partial charge on any atom is 0.263 e. The van der Waals surface area contributed by atoms with Crippen LogP contribution in [0.2, 0.25) is 0 Å². The van der Waals surface area contributed by atoms with Crippen LogP contribution in [-0.4, -0.2) is 33.5 Å². The zero-order valence-electron chi connectivity index (χ0n) is 13.7. The Hall–Kier alpha value is -1.79. The molecular formula is C18H21N3OS2. The monoisotopic (exact) mass is 359 g/mol. The number of amides is 1. The van der Waals surface area contributed by atoms with Gasteiger partial charge in [0.25, 0.3) is 5.91 Å². The van der Waals surface area contributed by atoms with Gasteiger partial charge in [0, 0.05) is 30.5 Å². The third kappa shape index (κ3) is 3.82. The third-order valence-corrected chi connectivity index (χ3v) is 5.98. The topological polar surface area (TPSA) is 46.9 Å². The van der Waals surface area contributed by atoms with E-state index in [4.69, 9.17) is 0 Å². The molecule has 3 aromatic heterocycles. The number of aromatic nitrogens is 2. The van der Waals surface area contributed by atoms with E-state index in [-0.39, 0.29) is 5.91 Å². The number of nitrogens with zero attached hydrogens (tertiary/aromatic N) is 2. The summed E-state index contributed by atoms with van der Waals surface area (Å²) in [5.41, 5.74) is 0.922. The van der Waals surface area contributed by atoms with Crippen molar-refractivity contribution >= 4 is 39.2 Å². The van der Waals surface area contributed by atoms with Crippen molar-refractivity contribution in [2.45, 2.75) is 19.8 Å². The highest BCUT2D eigenvalue weighted by Crippen LogP contribution is 2.32. The first-order chi connectivity index (χ1) is 11.8. The van der Waals surface area contributed by atoms with Gasteiger partial charge in [-0.3, -0.25) is 4.79 Å². The number of nitrogens with one attached hydrogen (secondary N) is 1. The first-order valence-corrected chi connectivity index (χ1v) is 10.1. The van der Waals surface area contributed by atoms with Crippen molar-refractivity contribution in [2.75, 3.05) is 18.1 Å². The number of rotatable bonds is 8. The maximum atomic E-state index is 12.7. The lowest BCUT2D eigenvalue weighted by molar-refractivity contribution is 0.0958. The molecule has 1 amide bonds. The van der Waals surface area contributed by atoms with Gasteiger partial charge in [-0.15, -0.1) is 11.3 Å². The van der Waals surface area contributed by atoms with Crippen LogP contribution < -0.4 is 5.32 Å². The summed E-state index contributed by atoms with van der Waals surface area (Å²) in [5.74, 6) is 2.27. The average molecular weight is 360 g/mol. The lowest BCUT2D eigenvalue weighted by Crippen LogP contribution is -2.25. The van der Waals surface area contributed by atoms with E-state index in [1.807, 2.05) is 53.0 Å². The molecule has 3 rings (SSSR count). The minimum absolute atomic E-state index is 0.0119. The molecule has 4 nitrogen and oxygen atoms in total. The first kappa shape index (κ1) is 17.0. The molecule has 0 saturated carbocycles. The molecule has 0 aromatic carbocycles. The summed E-state index contributed by atoms with van der Waals surface area (Å²) in [5, 5.41) is 4.07. The molecule has 0 aliphatic heterocycles. The van der Waals surface area contributed by atoms with Gasteiger partial charge in [0.05, 0.1) is 5.69 Å². The predicted molar refractivity (Wildman–Crippen MR) is 104 cm³/mol. The van der Waals surface area contributed by atoms with E-state index < -0.39 is 0 Å². The molecule has 0 saturated heterocycles. The number of fused-ring (bicyclic) bond motifs is 1. The van der Waals surface area contributed by atoms with E-state index in [9.17, 15) is 4.79 Å². The second-order valence-electron chi connectivity index (χ2n) is 5.45. The lowest BCUT2D eigenvalue weighted by atomic mass is 10.2. The van der Waals surface area contributed by atoms with Gasteiger partial charge in [0.2, 0.25) is 0 Å². The lowest BCUT2D eigenvalue weighted by Gasteiger charge is -2.07. The summed E-state index contributed by atoms with van der Waals surface area (Å²) in [6.07, 6.45) is 7.90. The van der Waals surface area contributed by atoms with Gasteiger partial charge >= 0.3 is 0 Å². The molecule has 24 heavy (non-hydrogen) atoms. The van der Waals surface area contributed by atoms with Crippen molar-refractivity contribution in [3.8, 4) is 5.69 Å². The van der Waals surface area contributed by atoms with Crippen LogP contribution in [-0.2, 0) is 0 Å². The summed E-state index contributed by atoms with van der Waals surface area (Å²) in [6.45, 7) is 2.90. The highest BCUT2D eigenvalue weighted by Gasteiger charge is 2.19. The summed E-state index contributed by atoms with van der Waals surface area (Å²) >= 11 is 3.40. The standard InChI is InChI=1S/C18H21N3OS2/c1-2-12-23-13-6-9-19-17(22)16-15(21-10-3-4-11-21)14-7-5-8-20-18(14)24-16/h3-5,7-8,10-11H,2,6,9,12-13H2,1H3,(H,19,22). The molecule has 6 heteroatoms. The largest absolute Gasteiger partial charge is 0.351 e. The fourth-order valence-corrected chi connectivity index (χ4v) is 4.42. The number of carbonyl (C=O) groups is 1. The first-order valence-electron chi connectivity index (χ1n) is 8.18. The number of pyridine rings is 1. The fourth-order valence-electron chi connectivity index (χ4n) is 2.52. The number of thioether (sulfide) groups is 1. The number of hydrogen-bond donors (Lipinski definition) is 1. The second-order valence-corrected chi connectivity index (χ2v) is 7.67. The van der Waals surface area contributed by atoms with Gasteiger partial charge in [-0.2, -0.15) is 11.8 Å². The van der Waals surface area contributed by atoms with Gasteiger partial charge in [0.15, 0.2) is 0 Å². The average Bonchev–Trinajstić information content (AvgIpc) is 3.24. The summed E-state index contributed by atoms with van der Waals surface area (Å²) in [7, 11) is 0. The van der Waals surface area contributed by atoms with Gasteiger partial charge in [0.1, 0.15) is 9.71 Å². The molecule has 3 aromatic rings. The van der Waals surface area contributed by atoms with Crippen LogP contribution in [0.25, 0.3) is 15.9 Å². The van der Waals surface area contributed by atoms with E-state index in [0.717, 1.165) is 33.0 Å². The van der Waals surface area contributed by atoms with Crippen LogP contribution in [0.5, 0.6) is 0 Å². The Morgan fingerprint density at radius 1 is 1.29 bits per heavy atom. The van der Waals surface area contributed by atoms with Crippen molar-refractivity contribution in [2.24, 2.45) is 0 Å². The van der Waals surface area contributed by atoms with Crippen molar-refractivity contribution in [3.63, 3.8) is 0 Å². The van der Waals surface area contributed by atoms with Crippen LogP contribution in [0.15, 0.2) is 42.9 Å². The quantitative estimate of drug-likeness (QED) is 0.608. The van der Waals surface area contributed by atoms with Gasteiger partial charge in [-0.25, -0.2) is 4.98 Å². The normalized spacial score (nSPS) is 11.0. The Labute approximate surface area is 150 Å². The third-order valence-electron chi connectivity index (χ3n) is 3.61. The summed E-state index contributed by atoms with van der Waals surface area (Å²) in [6, 6.07) is 7.86. The summed E-state index contributed by atoms with van der Waals surface area (Å²) < 4.78 is 1.99. The minimum atomic E-state index is -0.0119. The second kappa shape index (κ2) is 8.35. The molecule has 0 unspecified atom stereocenters. The Morgan fingerprint density at radius 3 is 2.92 bits per heavy atom. The van der Waals surface area contributed by atoms with Crippen molar-refractivity contribution in [1.82, 2.24) is 14.9 Å². The van der Waals surface area contributed by atoms with E-state index in [0.29, 0.717) is 6.54 Å². The molecule has 0 aliphatic carbocycles. The minimum Gasteiger partial charge on any atom is -0.351 e. The highest BCUT2D eigenvalue weighted by atomic mass is 32.2. The molecule has 0 atom stereocenters. The molecular weight excluding hydrogens is 338 g/mol. The maximum absolute atomic E-state index is 12.7. The Kier molecular flexibility index (Phi) is 5.93. The Bertz CT molecular complexity index is 796. The van der Waals surface area contributed by atoms with E-state index in [2.05, 4.69) is 17.2 Å². The van der Waals surface area contributed by atoms with Gasteiger partial charge in [-0.05, 0) is 48.6 Å². The van der Waals surface area contributed by atoms with Crippen LogP contribution >= 0.6 is 23.1 Å². The zero-order valence-corrected chi connectivity index (χ0v) is 15.3. The SMILES string of the molecule is CCCSCCCNC(=O)c1sc2ncccc2c1-n1cccc1. The molecule has 126 valence electrons. The van der Waals surface area contributed by atoms with E-state index in [1.165, 1.54) is 23.5 Å². The molecule has 0 radical (unpaired) electrons. The molecule has 1 N–H and O–H groups in total. The molecule has 0 spiro atoms. The summed E-state index contributed by atoms with van der Waals surface area (Å²) in [4.78, 5) is 18.7. The van der Waals surface area contributed by atoms with Crippen molar-refractivity contribution in [1.29, 1.82) is 0 Å². The molecule has 3 heterocycles. The van der Waals surface area contributed by atoms with Gasteiger partial charge in [-0.1, -0.05) is 6.92 Å². The number of carbonyl (C=O) groups excluding carboxylic acids is 1. The van der Waals surface area contributed by atoms with E-state index >= 15 is 0 Å². The van der Waals surface area contributed by atoms with Crippen LogP contribution in [0.4, 0.5) is 0 Å². The van der Waals surface area contributed by atoms with Crippen LogP contribution in [0.1, 0.15) is 29.4 Å². The van der Waals surface area contributed by atoms with Crippen LogP contribution in [0, 0.1) is 0 Å². The molecule has 0 bridgehead atoms. The highest BCUT2D eigenvalue weighted by molar-refractivity contribution is 7.99. The Balaban J connectivity index is 1.76. The zero-order chi connectivity index (χ0) is 16.8. The molecule has 0 fully saturated rings.